The summed E-state index contributed by atoms with van der Waals surface area (Å²) in [7, 11) is 0. The van der Waals surface area contributed by atoms with Crippen molar-refractivity contribution in [3.8, 4) is 17.3 Å². The molecule has 162 valence electrons. The average molecular weight is 435 g/mol. The fraction of sp³-hybridized carbons (Fsp3) is 0.318. The number of nitroso groups, excluding NO2 is 1. The zero-order valence-corrected chi connectivity index (χ0v) is 17.0. The van der Waals surface area contributed by atoms with Crippen molar-refractivity contribution in [1.29, 1.82) is 5.26 Å². The summed E-state index contributed by atoms with van der Waals surface area (Å²) in [6.45, 7) is 1.12. The predicted molar refractivity (Wildman–Crippen MR) is 115 cm³/mol. The smallest absolute Gasteiger partial charge is 0.141 e. The number of benzene rings is 1. The van der Waals surface area contributed by atoms with Gasteiger partial charge in [0.1, 0.15) is 23.6 Å². The summed E-state index contributed by atoms with van der Waals surface area (Å²) in [4.78, 5) is 20.9. The van der Waals surface area contributed by atoms with Gasteiger partial charge in [0, 0.05) is 47.9 Å². The Morgan fingerprint density at radius 2 is 2.09 bits per heavy atom. The van der Waals surface area contributed by atoms with Crippen molar-refractivity contribution >= 4 is 21.9 Å². The van der Waals surface area contributed by atoms with E-state index in [-0.39, 0.29) is 12.5 Å². The van der Waals surface area contributed by atoms with Crippen LogP contribution in [0.1, 0.15) is 19.3 Å². The number of nitrogens with one attached hydrogen (secondary N) is 2. The Morgan fingerprint density at radius 3 is 2.72 bits per heavy atom. The van der Waals surface area contributed by atoms with E-state index in [1.165, 1.54) is 12.4 Å². The van der Waals surface area contributed by atoms with Gasteiger partial charge in [-0.2, -0.15) is 10.2 Å². The summed E-state index contributed by atoms with van der Waals surface area (Å²) in [5, 5.41) is 16.2. The standard InChI is InChI=1S/C19H14F2N6.C3H5NO/c20-11-5-14(21)16-13(17-12-1-4-24-18(12)26-10-25-17)7-27(15(16)6-11)19(2-3-22)8-23-9-19;5-4-3-1-2-3/h1,4-7,10,23H,2,8-9H2,(H,24,25,26);3H,1-2H2. The van der Waals surface area contributed by atoms with Crippen molar-refractivity contribution < 1.29 is 8.78 Å². The molecule has 0 bridgehead atoms. The molecule has 6 rings (SSSR count). The fourth-order valence-electron chi connectivity index (χ4n) is 4.06. The third-order valence-electron chi connectivity index (χ3n) is 5.95. The number of nitrogens with zero attached hydrogens (tertiary/aromatic N) is 5. The number of H-pyrrole nitrogens is 1. The molecular weight excluding hydrogens is 416 g/mol. The van der Waals surface area contributed by atoms with E-state index >= 15 is 0 Å². The first kappa shape index (κ1) is 20.2. The van der Waals surface area contributed by atoms with E-state index in [9.17, 15) is 18.9 Å². The van der Waals surface area contributed by atoms with Crippen LogP contribution >= 0.6 is 0 Å². The first-order valence-electron chi connectivity index (χ1n) is 10.3. The van der Waals surface area contributed by atoms with Crippen LogP contribution in [-0.4, -0.2) is 38.7 Å². The lowest BCUT2D eigenvalue weighted by molar-refractivity contribution is 0.187. The molecule has 0 radical (unpaired) electrons. The first-order chi connectivity index (χ1) is 15.6. The van der Waals surface area contributed by atoms with Gasteiger partial charge in [0.15, 0.2) is 0 Å². The van der Waals surface area contributed by atoms with Gasteiger partial charge < -0.3 is 14.9 Å². The Balaban J connectivity index is 0.000000383. The number of hydrogen-bond donors (Lipinski definition) is 2. The van der Waals surface area contributed by atoms with Crippen LogP contribution in [0.25, 0.3) is 33.2 Å². The SMILES string of the molecule is N#CCC1(n2cc(-c3ncnc4[nH]ccc34)c3c(F)cc(F)cc32)CNC1.O=NC1CC1. The number of aromatic amines is 1. The largest absolute Gasteiger partial charge is 0.346 e. The Bertz CT molecular complexity index is 1360. The second kappa shape index (κ2) is 7.76. The van der Waals surface area contributed by atoms with E-state index in [1.54, 1.807) is 12.4 Å². The molecule has 4 aromatic rings. The first-order valence-corrected chi connectivity index (χ1v) is 10.3. The van der Waals surface area contributed by atoms with Crippen molar-refractivity contribution in [3.63, 3.8) is 0 Å². The van der Waals surface area contributed by atoms with Crippen molar-refractivity contribution in [2.24, 2.45) is 5.18 Å². The molecule has 0 spiro atoms. The highest BCUT2D eigenvalue weighted by Gasteiger charge is 2.40. The van der Waals surface area contributed by atoms with Gasteiger partial charge >= 0.3 is 0 Å². The van der Waals surface area contributed by atoms with E-state index in [0.29, 0.717) is 40.9 Å². The van der Waals surface area contributed by atoms with Gasteiger partial charge in [-0.15, -0.1) is 0 Å². The summed E-state index contributed by atoms with van der Waals surface area (Å²) in [5.41, 5.74) is 1.64. The maximum absolute atomic E-state index is 14.8. The Morgan fingerprint density at radius 1 is 1.28 bits per heavy atom. The van der Waals surface area contributed by atoms with Gasteiger partial charge in [-0.25, -0.2) is 18.7 Å². The Kier molecular flexibility index (Phi) is 4.90. The summed E-state index contributed by atoms with van der Waals surface area (Å²) >= 11 is 0. The lowest BCUT2D eigenvalue weighted by Crippen LogP contribution is -2.60. The van der Waals surface area contributed by atoms with Crippen LogP contribution in [0.3, 0.4) is 0 Å². The lowest BCUT2D eigenvalue weighted by Gasteiger charge is -2.43. The van der Waals surface area contributed by atoms with Crippen LogP contribution in [0.15, 0.2) is 42.1 Å². The summed E-state index contributed by atoms with van der Waals surface area (Å²) < 4.78 is 30.7. The average Bonchev–Trinajstić information content (AvgIpc) is 3.34. The van der Waals surface area contributed by atoms with Gasteiger partial charge in [-0.3, -0.25) is 0 Å². The Labute approximate surface area is 181 Å². The number of nitriles is 1. The molecule has 0 amide bonds. The minimum Gasteiger partial charge on any atom is -0.346 e. The van der Waals surface area contributed by atoms with Gasteiger partial charge in [0.2, 0.25) is 0 Å². The van der Waals surface area contributed by atoms with E-state index < -0.39 is 17.2 Å². The molecule has 0 atom stereocenters. The maximum Gasteiger partial charge on any atom is 0.141 e. The molecular formula is C22H19F2N7O. The van der Waals surface area contributed by atoms with Crippen LogP contribution in [0.2, 0.25) is 0 Å². The van der Waals surface area contributed by atoms with Crippen LogP contribution in [0.4, 0.5) is 8.78 Å². The molecule has 10 heteroatoms. The van der Waals surface area contributed by atoms with Crippen LogP contribution in [-0.2, 0) is 5.54 Å². The normalized spacial score (nSPS) is 16.8. The van der Waals surface area contributed by atoms with Crippen molar-refractivity contribution in [1.82, 2.24) is 24.8 Å². The number of fused-ring (bicyclic) bond motifs is 2. The molecule has 3 aromatic heterocycles. The monoisotopic (exact) mass is 435 g/mol. The minimum absolute atomic E-state index is 0.204. The number of hydrogen-bond acceptors (Lipinski definition) is 6. The second-order valence-corrected chi connectivity index (χ2v) is 8.16. The molecule has 2 N–H and O–H groups in total. The summed E-state index contributed by atoms with van der Waals surface area (Å²) in [6.07, 6.45) is 7.23. The highest BCUT2D eigenvalue weighted by Crippen LogP contribution is 2.39. The third kappa shape index (κ3) is 3.31. The summed E-state index contributed by atoms with van der Waals surface area (Å²) in [6, 6.07) is 6.42. The molecule has 8 nitrogen and oxygen atoms in total. The highest BCUT2D eigenvalue weighted by atomic mass is 19.1. The van der Waals surface area contributed by atoms with E-state index in [1.807, 2.05) is 10.6 Å². The molecule has 2 aliphatic rings. The summed E-state index contributed by atoms with van der Waals surface area (Å²) in [5.74, 6) is -1.31. The maximum atomic E-state index is 14.8. The molecule has 1 aromatic carbocycles. The van der Waals surface area contributed by atoms with Crippen molar-refractivity contribution in [3.05, 3.63) is 53.5 Å². The molecule has 1 aliphatic carbocycles. The van der Waals surface area contributed by atoms with Gasteiger partial charge in [-0.05, 0) is 25.0 Å². The van der Waals surface area contributed by atoms with Crippen molar-refractivity contribution in [2.75, 3.05) is 13.1 Å². The molecule has 32 heavy (non-hydrogen) atoms. The van der Waals surface area contributed by atoms with E-state index in [2.05, 4.69) is 31.5 Å². The third-order valence-corrected chi connectivity index (χ3v) is 5.95. The second-order valence-electron chi connectivity index (χ2n) is 8.16. The molecule has 1 saturated carbocycles. The zero-order valence-electron chi connectivity index (χ0n) is 17.0. The van der Waals surface area contributed by atoms with Gasteiger partial charge in [-0.1, -0.05) is 5.18 Å². The van der Waals surface area contributed by atoms with Gasteiger partial charge in [0.05, 0.1) is 35.3 Å². The highest BCUT2D eigenvalue weighted by molar-refractivity contribution is 6.02. The van der Waals surface area contributed by atoms with Crippen LogP contribution < -0.4 is 5.32 Å². The quantitative estimate of drug-likeness (QED) is 0.471. The number of rotatable bonds is 4. The fourth-order valence-corrected chi connectivity index (χ4v) is 4.06. The predicted octanol–water partition coefficient (Wildman–Crippen LogP) is 3.99. The molecule has 4 heterocycles. The van der Waals surface area contributed by atoms with Crippen LogP contribution in [0.5, 0.6) is 0 Å². The molecule has 1 aliphatic heterocycles. The van der Waals surface area contributed by atoms with E-state index in [4.69, 9.17) is 0 Å². The molecule has 2 fully saturated rings. The topological polar surface area (TPSA) is 112 Å². The Hall–Kier alpha value is -3.71. The van der Waals surface area contributed by atoms with Gasteiger partial charge in [0.25, 0.3) is 0 Å². The number of aromatic nitrogens is 4. The molecule has 1 saturated heterocycles. The van der Waals surface area contributed by atoms with Crippen molar-refractivity contribution in [2.45, 2.75) is 30.8 Å². The van der Waals surface area contributed by atoms with E-state index in [0.717, 1.165) is 24.3 Å². The number of halogens is 2. The molecule has 0 unspecified atom stereocenters. The van der Waals surface area contributed by atoms with Crippen LogP contribution in [0, 0.1) is 27.9 Å². The lowest BCUT2D eigenvalue weighted by atomic mass is 9.88. The zero-order chi connectivity index (χ0) is 22.3. The minimum atomic E-state index is -0.653.